The molecule has 0 N–H and O–H groups in total. The summed E-state index contributed by atoms with van der Waals surface area (Å²) in [6, 6.07) is 24.2. The maximum absolute atomic E-state index is 14.7. The Balaban J connectivity index is 1.35. The number of hydrogen-bond acceptors (Lipinski definition) is 1. The molecule has 1 heterocycles. The van der Waals surface area contributed by atoms with Crippen molar-refractivity contribution in [2.24, 2.45) is 5.92 Å². The lowest BCUT2D eigenvalue weighted by molar-refractivity contribution is 0.295. The molecule has 0 radical (unpaired) electrons. The maximum atomic E-state index is 14.7. The summed E-state index contributed by atoms with van der Waals surface area (Å²) >= 11 is 0. The van der Waals surface area contributed by atoms with E-state index in [9.17, 15) is 8.78 Å². The van der Waals surface area contributed by atoms with Crippen LogP contribution < -0.4 is 4.74 Å². The van der Waals surface area contributed by atoms with Crippen molar-refractivity contribution >= 4 is 8.80 Å². The van der Waals surface area contributed by atoms with Crippen LogP contribution in [0.3, 0.4) is 0 Å². The molecule has 0 saturated carbocycles. The van der Waals surface area contributed by atoms with Crippen LogP contribution in [0, 0.1) is 17.6 Å². The molecule has 35 heavy (non-hydrogen) atoms. The van der Waals surface area contributed by atoms with E-state index in [1.54, 1.807) is 24.2 Å². The molecule has 1 aliphatic heterocycles. The third kappa shape index (κ3) is 6.61. The molecule has 1 fully saturated rings. The molecule has 1 saturated heterocycles. The minimum Gasteiger partial charge on any atom is -0.490 e. The number of aryl methyl sites for hydroxylation is 1. The number of rotatable bonds is 10. The van der Waals surface area contributed by atoms with Gasteiger partial charge in [0.1, 0.15) is 0 Å². The van der Waals surface area contributed by atoms with Crippen molar-refractivity contribution in [2.45, 2.75) is 70.5 Å². The molecule has 3 aromatic carbocycles. The smallest absolute Gasteiger partial charge is 0.201 e. The standard InChI is InChI=1S/C31H38F2OSi/c1-3-19-34-29-16-15-28(30(32)31(29)33)27-13-11-26(12-14-27)25-9-7-23(8-10-25)5-6-24-17-21-35(20-4-2)22-18-24/h7-16,24,35H,3-6,17-22H2,1-2H3/t24-,35-. The molecular weight excluding hydrogens is 454 g/mol. The summed E-state index contributed by atoms with van der Waals surface area (Å²) in [6.45, 7) is 4.63. The highest BCUT2D eigenvalue weighted by Crippen LogP contribution is 2.33. The molecule has 0 amide bonds. The molecule has 0 spiro atoms. The summed E-state index contributed by atoms with van der Waals surface area (Å²) in [5.74, 6) is -0.903. The van der Waals surface area contributed by atoms with E-state index in [1.807, 2.05) is 31.2 Å². The van der Waals surface area contributed by atoms with E-state index in [1.165, 1.54) is 37.3 Å². The first-order valence-electron chi connectivity index (χ1n) is 13.4. The highest BCUT2D eigenvalue weighted by molar-refractivity contribution is 6.58. The fourth-order valence-corrected chi connectivity index (χ4v) is 8.94. The summed E-state index contributed by atoms with van der Waals surface area (Å²) in [5.41, 5.74) is 4.52. The lowest BCUT2D eigenvalue weighted by atomic mass is 9.93. The van der Waals surface area contributed by atoms with Gasteiger partial charge in [0.25, 0.3) is 0 Å². The first-order valence-corrected chi connectivity index (χ1v) is 15.8. The number of benzene rings is 3. The lowest BCUT2D eigenvalue weighted by Crippen LogP contribution is -2.21. The van der Waals surface area contributed by atoms with Gasteiger partial charge in [-0.15, -0.1) is 0 Å². The van der Waals surface area contributed by atoms with Crippen LogP contribution in [-0.4, -0.2) is 15.4 Å². The van der Waals surface area contributed by atoms with Crippen molar-refractivity contribution in [1.82, 2.24) is 0 Å². The van der Waals surface area contributed by atoms with Gasteiger partial charge in [-0.25, -0.2) is 4.39 Å². The van der Waals surface area contributed by atoms with Crippen LogP contribution in [-0.2, 0) is 6.42 Å². The summed E-state index contributed by atoms with van der Waals surface area (Å²) < 4.78 is 34.3. The Kier molecular flexibility index (Phi) is 9.14. The molecule has 1 nitrogen and oxygen atoms in total. The average molecular weight is 493 g/mol. The predicted octanol–water partition coefficient (Wildman–Crippen LogP) is 9.07. The van der Waals surface area contributed by atoms with Crippen LogP contribution in [0.25, 0.3) is 22.3 Å². The molecule has 0 aliphatic carbocycles. The van der Waals surface area contributed by atoms with Crippen LogP contribution in [0.1, 0.15) is 51.5 Å². The second-order valence-corrected chi connectivity index (χ2v) is 13.5. The summed E-state index contributed by atoms with van der Waals surface area (Å²) in [4.78, 5) is 0. The van der Waals surface area contributed by atoms with Gasteiger partial charge in [0.15, 0.2) is 11.6 Å². The van der Waals surface area contributed by atoms with Crippen molar-refractivity contribution in [3.05, 3.63) is 77.9 Å². The fourth-order valence-electron chi connectivity index (χ4n) is 5.37. The van der Waals surface area contributed by atoms with E-state index in [0.717, 1.165) is 29.9 Å². The first kappa shape index (κ1) is 25.6. The molecule has 186 valence electrons. The van der Waals surface area contributed by atoms with Crippen LogP contribution in [0.4, 0.5) is 8.78 Å². The monoisotopic (exact) mass is 492 g/mol. The average Bonchev–Trinajstić information content (AvgIpc) is 2.90. The van der Waals surface area contributed by atoms with Gasteiger partial charge >= 0.3 is 0 Å². The van der Waals surface area contributed by atoms with Crippen LogP contribution in [0.5, 0.6) is 5.75 Å². The van der Waals surface area contributed by atoms with Gasteiger partial charge in [0, 0.05) is 14.4 Å². The lowest BCUT2D eigenvalue weighted by Gasteiger charge is -2.27. The van der Waals surface area contributed by atoms with E-state index in [-0.39, 0.29) is 20.1 Å². The number of hydrogen-bond donors (Lipinski definition) is 0. The molecule has 4 rings (SSSR count). The van der Waals surface area contributed by atoms with Gasteiger partial charge in [0.05, 0.1) is 6.61 Å². The van der Waals surface area contributed by atoms with Crippen molar-refractivity contribution in [3.63, 3.8) is 0 Å². The fraction of sp³-hybridized carbons (Fsp3) is 0.419. The Hall–Kier alpha value is -2.46. The van der Waals surface area contributed by atoms with E-state index in [0.29, 0.717) is 12.2 Å². The van der Waals surface area contributed by atoms with Gasteiger partial charge in [0.2, 0.25) is 5.82 Å². The number of ether oxygens (including phenoxy) is 1. The molecule has 0 unspecified atom stereocenters. The van der Waals surface area contributed by atoms with Crippen molar-refractivity contribution in [3.8, 4) is 28.0 Å². The van der Waals surface area contributed by atoms with E-state index in [2.05, 4.69) is 31.2 Å². The van der Waals surface area contributed by atoms with Crippen molar-refractivity contribution in [1.29, 1.82) is 0 Å². The quantitative estimate of drug-likeness (QED) is 0.256. The summed E-state index contributed by atoms with van der Waals surface area (Å²) in [6.07, 6.45) is 7.51. The molecule has 3 aromatic rings. The molecule has 0 aromatic heterocycles. The third-order valence-corrected chi connectivity index (χ3v) is 11.2. The van der Waals surface area contributed by atoms with Crippen LogP contribution in [0.15, 0.2) is 60.7 Å². The highest BCUT2D eigenvalue weighted by atomic mass is 28.3. The minimum atomic E-state index is -0.924. The van der Waals surface area contributed by atoms with Gasteiger partial charge in [-0.1, -0.05) is 99.8 Å². The zero-order valence-corrected chi connectivity index (χ0v) is 22.3. The molecule has 4 heteroatoms. The van der Waals surface area contributed by atoms with Gasteiger partial charge in [-0.3, -0.25) is 0 Å². The zero-order chi connectivity index (χ0) is 24.6. The second kappa shape index (κ2) is 12.5. The summed E-state index contributed by atoms with van der Waals surface area (Å²) in [5, 5.41) is 0. The molecular formula is C31H38F2OSi. The Bertz CT molecular complexity index is 1070. The first-order chi connectivity index (χ1) is 17.1. The van der Waals surface area contributed by atoms with E-state index < -0.39 is 11.6 Å². The SMILES string of the molecule is CCCOc1ccc(-c2ccc(-c3ccc(CC[C@H]4CC[Si@H](CCC)CC4)cc3)cc2)c(F)c1F. The topological polar surface area (TPSA) is 9.23 Å². The van der Waals surface area contributed by atoms with Gasteiger partial charge in [-0.2, -0.15) is 4.39 Å². The molecule has 0 bridgehead atoms. The van der Waals surface area contributed by atoms with Crippen LogP contribution in [0.2, 0.25) is 18.1 Å². The minimum absolute atomic E-state index is 0.0316. The maximum Gasteiger partial charge on any atom is 0.201 e. The van der Waals surface area contributed by atoms with Crippen molar-refractivity contribution < 1.29 is 13.5 Å². The molecule has 1 aliphatic rings. The van der Waals surface area contributed by atoms with E-state index in [4.69, 9.17) is 4.74 Å². The molecule has 0 atom stereocenters. The highest BCUT2D eigenvalue weighted by Gasteiger charge is 2.21. The third-order valence-electron chi connectivity index (χ3n) is 7.50. The van der Waals surface area contributed by atoms with Gasteiger partial charge < -0.3 is 4.74 Å². The largest absolute Gasteiger partial charge is 0.490 e. The normalized spacial score (nSPS) is 17.9. The zero-order valence-electron chi connectivity index (χ0n) is 21.2. The second-order valence-electron chi connectivity index (χ2n) is 10.1. The Morgan fingerprint density at radius 3 is 2.03 bits per heavy atom. The Labute approximate surface area is 211 Å². The summed E-state index contributed by atoms with van der Waals surface area (Å²) in [7, 11) is -0.386. The Morgan fingerprint density at radius 1 is 0.771 bits per heavy atom. The van der Waals surface area contributed by atoms with Crippen molar-refractivity contribution in [2.75, 3.05) is 6.61 Å². The van der Waals surface area contributed by atoms with Crippen LogP contribution >= 0.6 is 0 Å². The van der Waals surface area contributed by atoms with E-state index >= 15 is 0 Å². The van der Waals surface area contributed by atoms with Gasteiger partial charge in [-0.05, 0) is 59.6 Å². The Morgan fingerprint density at radius 2 is 1.40 bits per heavy atom. The predicted molar refractivity (Wildman–Crippen MR) is 146 cm³/mol. The number of halogens is 2.